The van der Waals surface area contributed by atoms with Gasteiger partial charge in [-0.15, -0.1) is 0 Å². The molecule has 7 heteroatoms. The van der Waals surface area contributed by atoms with E-state index in [1.165, 1.54) is 0 Å². The molecular weight excluding hydrogens is 306 g/mol. The molecule has 0 aliphatic heterocycles. The minimum atomic E-state index is -1.01. The van der Waals surface area contributed by atoms with Crippen molar-refractivity contribution in [2.75, 3.05) is 0 Å². The Balaban J connectivity index is -0.0000000900. The van der Waals surface area contributed by atoms with E-state index in [0.717, 1.165) is 6.92 Å². The average Bonchev–Trinajstić information content (AvgIpc) is 1.99. The van der Waals surface area contributed by atoms with Crippen LogP contribution in [-0.2, 0) is 33.9 Å². The van der Waals surface area contributed by atoms with E-state index in [1.807, 2.05) is 0 Å². The summed E-state index contributed by atoms with van der Waals surface area (Å²) < 4.78 is 0. The second-order valence-electron chi connectivity index (χ2n) is 5.59. The van der Waals surface area contributed by atoms with Crippen LogP contribution < -0.4 is 10.2 Å². The Labute approximate surface area is 127 Å². The Morgan fingerprint density at radius 1 is 0.789 bits per heavy atom. The molecule has 0 atom stereocenters. The Morgan fingerprint density at radius 3 is 0.842 bits per heavy atom. The molecule has 0 aromatic heterocycles. The molecule has 0 radical (unpaired) electrons. The zero-order valence-electron chi connectivity index (χ0n) is 12.7. The number of carboxylic acid groups (broad SMARTS) is 3. The molecular formula is C12H22O6Zn. The third-order valence-corrected chi connectivity index (χ3v) is 1.22. The Kier molecular flexibility index (Phi) is 15.3. The van der Waals surface area contributed by atoms with E-state index in [1.54, 1.807) is 41.5 Å². The fourth-order valence-corrected chi connectivity index (χ4v) is 0. The van der Waals surface area contributed by atoms with Crippen molar-refractivity contribution in [3.63, 3.8) is 0 Å². The molecule has 0 saturated heterocycles. The van der Waals surface area contributed by atoms with E-state index >= 15 is 0 Å². The molecule has 0 saturated carbocycles. The van der Waals surface area contributed by atoms with Crippen molar-refractivity contribution in [3.05, 3.63) is 0 Å². The van der Waals surface area contributed by atoms with E-state index in [4.69, 9.17) is 9.90 Å². The molecule has 108 valence electrons. The van der Waals surface area contributed by atoms with E-state index < -0.39 is 28.7 Å². The summed E-state index contributed by atoms with van der Waals surface area (Å²) in [6.07, 6.45) is 0. The molecule has 0 heterocycles. The molecule has 0 fully saturated rings. The number of carbonyl (C=O) groups excluding carboxylic acids is 2. The van der Waals surface area contributed by atoms with Crippen LogP contribution in [0.2, 0.25) is 0 Å². The summed E-state index contributed by atoms with van der Waals surface area (Å²) in [5, 5.41) is 27.2. The third-order valence-electron chi connectivity index (χ3n) is 1.22. The standard InChI is InChI=1S/2C5H10O2.C2H4O2.Zn/c2*1-5(2,3)4(6)7;1-2(3)4;/h2*1-3H3,(H,6,7);1H3,(H,3,4);/q;;;+2/p-2. The summed E-state index contributed by atoms with van der Waals surface area (Å²) >= 11 is 0. The van der Waals surface area contributed by atoms with Gasteiger partial charge in [-0.3, -0.25) is 4.79 Å². The quantitative estimate of drug-likeness (QED) is 0.608. The summed E-state index contributed by atoms with van der Waals surface area (Å²) in [7, 11) is 0. The van der Waals surface area contributed by atoms with Crippen molar-refractivity contribution in [2.24, 2.45) is 10.8 Å². The summed E-state index contributed by atoms with van der Waals surface area (Å²) in [6.45, 7) is 10.7. The van der Waals surface area contributed by atoms with Crippen molar-refractivity contribution >= 4 is 17.9 Å². The first kappa shape index (κ1) is 26.6. The van der Waals surface area contributed by atoms with Gasteiger partial charge in [0.2, 0.25) is 0 Å². The van der Waals surface area contributed by atoms with E-state index in [-0.39, 0.29) is 19.5 Å². The predicted octanol–water partition coefficient (Wildman–Crippen LogP) is -0.347. The van der Waals surface area contributed by atoms with Gasteiger partial charge in [0.05, 0.1) is 0 Å². The molecule has 0 aliphatic carbocycles. The van der Waals surface area contributed by atoms with Crippen molar-refractivity contribution < 1.29 is 49.2 Å². The van der Waals surface area contributed by atoms with Crippen LogP contribution in [0.25, 0.3) is 0 Å². The molecule has 19 heavy (non-hydrogen) atoms. The number of carboxylic acids is 3. The molecule has 0 aromatic carbocycles. The van der Waals surface area contributed by atoms with Crippen LogP contribution in [0.1, 0.15) is 48.5 Å². The van der Waals surface area contributed by atoms with Crippen LogP contribution in [0.15, 0.2) is 0 Å². The summed E-state index contributed by atoms with van der Waals surface area (Å²) in [4.78, 5) is 28.8. The largest absolute Gasteiger partial charge is 2.00 e. The summed E-state index contributed by atoms with van der Waals surface area (Å²) in [5.74, 6) is -2.85. The predicted molar refractivity (Wildman–Crippen MR) is 62.2 cm³/mol. The number of hydrogen-bond acceptors (Lipinski definition) is 5. The van der Waals surface area contributed by atoms with Crippen molar-refractivity contribution in [1.29, 1.82) is 0 Å². The maximum Gasteiger partial charge on any atom is 2.00 e. The number of aliphatic carboxylic acids is 3. The number of rotatable bonds is 0. The molecule has 0 amide bonds. The van der Waals surface area contributed by atoms with Gasteiger partial charge in [-0.2, -0.15) is 0 Å². The van der Waals surface area contributed by atoms with Gasteiger partial charge in [-0.25, -0.2) is 0 Å². The van der Waals surface area contributed by atoms with Crippen molar-refractivity contribution in [2.45, 2.75) is 48.5 Å². The molecule has 0 spiro atoms. The number of hydrogen-bond donors (Lipinski definition) is 1. The Morgan fingerprint density at radius 2 is 0.842 bits per heavy atom. The van der Waals surface area contributed by atoms with Gasteiger partial charge in [-0.05, 0) is 0 Å². The topological polar surface area (TPSA) is 118 Å². The van der Waals surface area contributed by atoms with Gasteiger partial charge in [0, 0.05) is 29.7 Å². The zero-order chi connectivity index (χ0) is 15.7. The summed E-state index contributed by atoms with van der Waals surface area (Å²) in [6, 6.07) is 0. The third kappa shape index (κ3) is 31.6. The monoisotopic (exact) mass is 326 g/mol. The SMILES string of the molecule is CC(=O)O.CC(C)(C)C(=O)[O-].CC(C)(C)C(=O)[O-].[Zn+2]. The van der Waals surface area contributed by atoms with Gasteiger partial charge in [0.1, 0.15) is 0 Å². The van der Waals surface area contributed by atoms with Crippen LogP contribution in [0.4, 0.5) is 0 Å². The number of carbonyl (C=O) groups is 3. The zero-order valence-corrected chi connectivity index (χ0v) is 15.7. The fraction of sp³-hybridized carbons (Fsp3) is 0.750. The fourth-order valence-electron chi connectivity index (χ4n) is 0. The van der Waals surface area contributed by atoms with Crippen LogP contribution in [0.5, 0.6) is 0 Å². The van der Waals surface area contributed by atoms with E-state index in [9.17, 15) is 19.8 Å². The molecule has 0 aromatic rings. The first-order valence-corrected chi connectivity index (χ1v) is 5.24. The van der Waals surface area contributed by atoms with Crippen LogP contribution in [0, 0.1) is 10.8 Å². The normalized spacial score (nSPS) is 9.63. The van der Waals surface area contributed by atoms with Crippen LogP contribution in [-0.4, -0.2) is 23.0 Å². The van der Waals surface area contributed by atoms with Crippen LogP contribution in [0.3, 0.4) is 0 Å². The minimum absolute atomic E-state index is 0. The van der Waals surface area contributed by atoms with E-state index in [2.05, 4.69) is 0 Å². The van der Waals surface area contributed by atoms with Gasteiger partial charge in [0.25, 0.3) is 5.97 Å². The van der Waals surface area contributed by atoms with Gasteiger partial charge in [-0.1, -0.05) is 41.5 Å². The first-order valence-electron chi connectivity index (χ1n) is 5.24. The second kappa shape index (κ2) is 10.9. The first-order chi connectivity index (χ1) is 7.62. The molecule has 0 aliphatic rings. The molecule has 0 bridgehead atoms. The van der Waals surface area contributed by atoms with Crippen molar-refractivity contribution in [1.82, 2.24) is 0 Å². The van der Waals surface area contributed by atoms with Crippen LogP contribution >= 0.6 is 0 Å². The molecule has 1 N–H and O–H groups in total. The molecule has 6 nitrogen and oxygen atoms in total. The van der Waals surface area contributed by atoms with Gasteiger partial charge in [0.15, 0.2) is 0 Å². The Bertz CT molecular complexity index is 258. The van der Waals surface area contributed by atoms with Gasteiger partial charge >= 0.3 is 19.5 Å². The van der Waals surface area contributed by atoms with E-state index in [0.29, 0.717) is 0 Å². The maximum absolute atomic E-state index is 9.91. The minimum Gasteiger partial charge on any atom is -0.550 e. The summed E-state index contributed by atoms with van der Waals surface area (Å²) in [5.41, 5.74) is -1.39. The van der Waals surface area contributed by atoms with Gasteiger partial charge < -0.3 is 24.9 Å². The smallest absolute Gasteiger partial charge is 0.550 e. The average molecular weight is 328 g/mol. The Hall–Kier alpha value is -0.967. The maximum atomic E-state index is 9.91. The molecule has 0 unspecified atom stereocenters. The van der Waals surface area contributed by atoms with Crippen molar-refractivity contribution in [3.8, 4) is 0 Å². The second-order valence-corrected chi connectivity index (χ2v) is 5.59. The molecule has 0 rings (SSSR count).